The molecule has 2 aliphatic rings. The van der Waals surface area contributed by atoms with Crippen LogP contribution < -0.4 is 0 Å². The Morgan fingerprint density at radius 3 is 1.84 bits per heavy atom. The Morgan fingerprint density at radius 1 is 0.880 bits per heavy atom. The van der Waals surface area contributed by atoms with Gasteiger partial charge in [-0.2, -0.15) is 5.26 Å². The first-order valence-corrected chi connectivity index (χ1v) is 9.64. The van der Waals surface area contributed by atoms with Crippen LogP contribution in [0.4, 0.5) is 8.78 Å². The molecule has 1 aromatic rings. The van der Waals surface area contributed by atoms with E-state index < -0.39 is 17.2 Å². The maximum atomic E-state index is 13.8. The highest BCUT2D eigenvalue weighted by Crippen LogP contribution is 2.38. The van der Waals surface area contributed by atoms with E-state index in [0.717, 1.165) is 37.5 Å². The second kappa shape index (κ2) is 8.13. The van der Waals surface area contributed by atoms with E-state index in [1.165, 1.54) is 37.8 Å². The van der Waals surface area contributed by atoms with E-state index in [1.807, 2.05) is 0 Å². The molecule has 134 valence electrons. The van der Waals surface area contributed by atoms with Crippen LogP contribution in [0.2, 0.25) is 0 Å². The number of benzene rings is 1. The van der Waals surface area contributed by atoms with Crippen molar-refractivity contribution >= 4 is 0 Å². The van der Waals surface area contributed by atoms with Crippen LogP contribution in [0.1, 0.15) is 75.3 Å². The Hall–Kier alpha value is -1.69. The average Bonchev–Trinajstić information content (AvgIpc) is 2.61. The smallest absolute Gasteiger partial charge is 0.144 e. The summed E-state index contributed by atoms with van der Waals surface area (Å²) in [6, 6.07) is 4.30. The van der Waals surface area contributed by atoms with Gasteiger partial charge in [-0.05, 0) is 79.9 Å². The Morgan fingerprint density at radius 2 is 1.36 bits per heavy atom. The molecule has 0 aromatic heterocycles. The Kier molecular flexibility index (Phi) is 5.89. The van der Waals surface area contributed by atoms with E-state index in [4.69, 9.17) is 5.26 Å². The minimum atomic E-state index is -0.731. The van der Waals surface area contributed by atoms with Gasteiger partial charge in [-0.1, -0.05) is 31.9 Å². The number of halogens is 2. The van der Waals surface area contributed by atoms with Crippen LogP contribution in [0, 0.1) is 40.7 Å². The molecule has 0 amide bonds. The third-order valence-corrected chi connectivity index (χ3v) is 6.14. The van der Waals surface area contributed by atoms with Crippen molar-refractivity contribution in [3.63, 3.8) is 0 Å². The lowest BCUT2D eigenvalue weighted by molar-refractivity contribution is 0.326. The van der Waals surface area contributed by atoms with Gasteiger partial charge in [0.1, 0.15) is 23.3 Å². The van der Waals surface area contributed by atoms with Crippen molar-refractivity contribution in [1.82, 2.24) is 0 Å². The summed E-state index contributed by atoms with van der Waals surface area (Å²) in [5, 5.41) is 8.78. The molecule has 0 heterocycles. The summed E-state index contributed by atoms with van der Waals surface area (Å²) < 4.78 is 27.6. The summed E-state index contributed by atoms with van der Waals surface area (Å²) >= 11 is 0. The number of hydrogen-bond acceptors (Lipinski definition) is 1. The lowest BCUT2D eigenvalue weighted by atomic mass is 9.77. The largest absolute Gasteiger partial charge is 0.205 e. The van der Waals surface area contributed by atoms with Gasteiger partial charge in [0.05, 0.1) is 0 Å². The van der Waals surface area contributed by atoms with Gasteiger partial charge in [0.2, 0.25) is 0 Å². The lowest BCUT2D eigenvalue weighted by Gasteiger charge is -2.28. The maximum absolute atomic E-state index is 13.8. The van der Waals surface area contributed by atoms with E-state index in [-0.39, 0.29) is 5.92 Å². The minimum absolute atomic E-state index is 0.205. The topological polar surface area (TPSA) is 23.8 Å². The number of hydrogen-bond donors (Lipinski definition) is 0. The van der Waals surface area contributed by atoms with Crippen molar-refractivity contribution in [3.05, 3.63) is 47.0 Å². The van der Waals surface area contributed by atoms with E-state index in [1.54, 1.807) is 6.07 Å². The summed E-state index contributed by atoms with van der Waals surface area (Å²) in [6.45, 7) is 2.34. The summed E-state index contributed by atoms with van der Waals surface area (Å²) in [6.07, 6.45) is 14.2. The van der Waals surface area contributed by atoms with Crippen LogP contribution in [-0.2, 0) is 0 Å². The summed E-state index contributed by atoms with van der Waals surface area (Å²) in [5.41, 5.74) is 0.236. The van der Waals surface area contributed by atoms with E-state index in [0.29, 0.717) is 11.5 Å². The molecule has 3 heteroatoms. The van der Waals surface area contributed by atoms with Crippen molar-refractivity contribution in [2.45, 2.75) is 64.2 Å². The fourth-order valence-corrected chi connectivity index (χ4v) is 4.37. The molecule has 0 N–H and O–H groups in total. The molecule has 2 aliphatic carbocycles. The zero-order valence-corrected chi connectivity index (χ0v) is 15.0. The molecule has 2 fully saturated rings. The van der Waals surface area contributed by atoms with Crippen molar-refractivity contribution in [1.29, 1.82) is 5.26 Å². The second-order valence-electron chi connectivity index (χ2n) is 7.99. The van der Waals surface area contributed by atoms with Crippen LogP contribution in [0.25, 0.3) is 0 Å². The zero-order valence-electron chi connectivity index (χ0n) is 15.0. The predicted molar refractivity (Wildman–Crippen MR) is 96.0 cm³/mol. The maximum Gasteiger partial charge on any atom is 0.144 e. The number of nitrogens with zero attached hydrogens (tertiary/aromatic N) is 1. The fourth-order valence-electron chi connectivity index (χ4n) is 4.37. The van der Waals surface area contributed by atoms with E-state index >= 15 is 0 Å². The van der Waals surface area contributed by atoms with Gasteiger partial charge in [0.15, 0.2) is 0 Å². The molecule has 1 aromatic carbocycles. The molecule has 25 heavy (non-hydrogen) atoms. The highest BCUT2D eigenvalue weighted by Gasteiger charge is 2.24. The first kappa shape index (κ1) is 18.1. The fraction of sp³-hybridized carbons (Fsp3) is 0.591. The number of nitriles is 1. The highest BCUT2D eigenvalue weighted by molar-refractivity contribution is 5.36. The molecule has 0 saturated heterocycles. The number of rotatable bonds is 3. The SMILES string of the molecule is C[C@H]1CC[C@H](/C=C/[C@H]2CC[C@H](c3cc(F)c(C#N)c(F)c3)CC2)CC1. The first-order valence-electron chi connectivity index (χ1n) is 9.64. The molecule has 0 aliphatic heterocycles. The predicted octanol–water partition coefficient (Wildman–Crippen LogP) is 6.49. The van der Waals surface area contributed by atoms with Gasteiger partial charge in [-0.25, -0.2) is 8.78 Å². The molecular weight excluding hydrogens is 316 g/mol. The monoisotopic (exact) mass is 343 g/mol. The molecule has 2 saturated carbocycles. The van der Waals surface area contributed by atoms with Crippen molar-refractivity contribution in [2.24, 2.45) is 17.8 Å². The average molecular weight is 343 g/mol. The summed E-state index contributed by atoms with van der Waals surface area (Å²) in [7, 11) is 0. The van der Waals surface area contributed by atoms with Crippen LogP contribution >= 0.6 is 0 Å². The molecule has 0 radical (unpaired) electrons. The standard InChI is InChI=1S/C22H27F2N/c1-15-2-4-16(5-3-15)6-7-17-8-10-18(11-9-17)19-12-21(23)20(14-25)22(24)13-19/h6-7,12-13,15-18H,2-5,8-11H2,1H3/b7-6+/t15-,16-,17-,18-. The van der Waals surface area contributed by atoms with Gasteiger partial charge < -0.3 is 0 Å². The quantitative estimate of drug-likeness (QED) is 0.575. The second-order valence-corrected chi connectivity index (χ2v) is 7.99. The van der Waals surface area contributed by atoms with E-state index in [2.05, 4.69) is 19.1 Å². The normalized spacial score (nSPS) is 30.3. The van der Waals surface area contributed by atoms with Crippen LogP contribution in [0.3, 0.4) is 0 Å². The van der Waals surface area contributed by atoms with Gasteiger partial charge in [0, 0.05) is 0 Å². The third-order valence-electron chi connectivity index (χ3n) is 6.14. The van der Waals surface area contributed by atoms with Crippen molar-refractivity contribution in [2.75, 3.05) is 0 Å². The zero-order chi connectivity index (χ0) is 17.8. The molecule has 0 bridgehead atoms. The lowest BCUT2D eigenvalue weighted by Crippen LogP contribution is -2.14. The van der Waals surface area contributed by atoms with Gasteiger partial charge in [-0.3, -0.25) is 0 Å². The summed E-state index contributed by atoms with van der Waals surface area (Å²) in [4.78, 5) is 0. The Balaban J connectivity index is 1.54. The highest BCUT2D eigenvalue weighted by atomic mass is 19.1. The number of allylic oxidation sites excluding steroid dienone is 2. The Bertz CT molecular complexity index is 634. The van der Waals surface area contributed by atoms with Gasteiger partial charge >= 0.3 is 0 Å². The third kappa shape index (κ3) is 4.48. The van der Waals surface area contributed by atoms with Gasteiger partial charge in [0.25, 0.3) is 0 Å². The molecule has 0 unspecified atom stereocenters. The van der Waals surface area contributed by atoms with Crippen LogP contribution in [0.5, 0.6) is 0 Å². The Labute approximate surface area is 149 Å². The molecule has 3 rings (SSSR count). The van der Waals surface area contributed by atoms with Crippen molar-refractivity contribution in [3.8, 4) is 6.07 Å². The molecule has 0 spiro atoms. The molecule has 0 atom stereocenters. The summed E-state index contributed by atoms with van der Waals surface area (Å²) in [5.74, 6) is 0.974. The van der Waals surface area contributed by atoms with Crippen LogP contribution in [0.15, 0.2) is 24.3 Å². The minimum Gasteiger partial charge on any atom is -0.205 e. The van der Waals surface area contributed by atoms with Gasteiger partial charge in [-0.15, -0.1) is 0 Å². The first-order chi connectivity index (χ1) is 12.1. The molecule has 1 nitrogen and oxygen atoms in total. The molecular formula is C22H27F2N. The van der Waals surface area contributed by atoms with E-state index in [9.17, 15) is 8.78 Å². The van der Waals surface area contributed by atoms with Crippen LogP contribution in [-0.4, -0.2) is 0 Å². The van der Waals surface area contributed by atoms with Crippen molar-refractivity contribution < 1.29 is 8.78 Å².